The van der Waals surface area contributed by atoms with Gasteiger partial charge in [0, 0.05) is 35.4 Å². The first-order valence-electron chi connectivity index (χ1n) is 7.91. The SMILES string of the molecule is Nc1ccc2c(C(=O)N3CCC4CCCCC43)c[nH]c2c1. The summed E-state index contributed by atoms with van der Waals surface area (Å²) in [6, 6.07) is 6.16. The average Bonchev–Trinajstić information content (AvgIpc) is 3.10. The van der Waals surface area contributed by atoms with E-state index in [0.717, 1.165) is 34.6 Å². The topological polar surface area (TPSA) is 62.1 Å². The van der Waals surface area contributed by atoms with Gasteiger partial charge in [-0.25, -0.2) is 0 Å². The van der Waals surface area contributed by atoms with Crippen LogP contribution < -0.4 is 5.73 Å². The van der Waals surface area contributed by atoms with Crippen LogP contribution in [0.1, 0.15) is 42.5 Å². The van der Waals surface area contributed by atoms with Gasteiger partial charge in [-0.1, -0.05) is 12.8 Å². The van der Waals surface area contributed by atoms with Gasteiger partial charge in [-0.3, -0.25) is 4.79 Å². The molecule has 4 heteroatoms. The number of aromatic amines is 1. The van der Waals surface area contributed by atoms with Crippen LogP contribution in [0.4, 0.5) is 5.69 Å². The van der Waals surface area contributed by atoms with E-state index in [4.69, 9.17) is 5.73 Å². The zero-order valence-corrected chi connectivity index (χ0v) is 12.1. The van der Waals surface area contributed by atoms with E-state index in [2.05, 4.69) is 9.88 Å². The summed E-state index contributed by atoms with van der Waals surface area (Å²) in [4.78, 5) is 18.2. The van der Waals surface area contributed by atoms with Gasteiger partial charge in [-0.15, -0.1) is 0 Å². The van der Waals surface area contributed by atoms with Crippen molar-refractivity contribution < 1.29 is 4.79 Å². The molecule has 0 bridgehead atoms. The van der Waals surface area contributed by atoms with E-state index in [9.17, 15) is 4.79 Å². The third-order valence-corrected chi connectivity index (χ3v) is 5.21. The van der Waals surface area contributed by atoms with Crippen molar-refractivity contribution in [1.29, 1.82) is 0 Å². The van der Waals surface area contributed by atoms with Crippen molar-refractivity contribution in [2.75, 3.05) is 12.3 Å². The van der Waals surface area contributed by atoms with E-state index in [-0.39, 0.29) is 5.91 Å². The normalized spacial score (nSPS) is 25.2. The summed E-state index contributed by atoms with van der Waals surface area (Å²) in [5.41, 5.74) is 8.25. The second-order valence-electron chi connectivity index (χ2n) is 6.41. The van der Waals surface area contributed by atoms with Crippen molar-refractivity contribution in [3.8, 4) is 0 Å². The van der Waals surface area contributed by atoms with Gasteiger partial charge in [0.2, 0.25) is 0 Å². The Morgan fingerprint density at radius 2 is 2.10 bits per heavy atom. The number of aromatic nitrogens is 1. The van der Waals surface area contributed by atoms with Crippen molar-refractivity contribution in [3.63, 3.8) is 0 Å². The van der Waals surface area contributed by atoms with E-state index in [1.54, 1.807) is 0 Å². The van der Waals surface area contributed by atoms with E-state index in [1.807, 2.05) is 24.4 Å². The van der Waals surface area contributed by atoms with Crippen LogP contribution in [0.5, 0.6) is 0 Å². The van der Waals surface area contributed by atoms with Crippen molar-refractivity contribution >= 4 is 22.5 Å². The summed E-state index contributed by atoms with van der Waals surface area (Å²) in [6.45, 7) is 0.913. The first kappa shape index (κ1) is 12.7. The lowest BCUT2D eigenvalue weighted by molar-refractivity contribution is 0.0692. The van der Waals surface area contributed by atoms with Crippen molar-refractivity contribution in [3.05, 3.63) is 30.0 Å². The number of benzene rings is 1. The number of carbonyl (C=O) groups excluding carboxylic acids is 1. The van der Waals surface area contributed by atoms with Crippen LogP contribution in [0.15, 0.2) is 24.4 Å². The maximum atomic E-state index is 12.9. The molecule has 21 heavy (non-hydrogen) atoms. The van der Waals surface area contributed by atoms with E-state index in [0.29, 0.717) is 6.04 Å². The number of fused-ring (bicyclic) bond motifs is 2. The van der Waals surface area contributed by atoms with Gasteiger partial charge in [0.25, 0.3) is 5.91 Å². The van der Waals surface area contributed by atoms with E-state index in [1.165, 1.54) is 32.1 Å². The van der Waals surface area contributed by atoms with Gasteiger partial charge in [0.15, 0.2) is 0 Å². The fourth-order valence-electron chi connectivity index (χ4n) is 4.13. The number of hydrogen-bond donors (Lipinski definition) is 2. The third-order valence-electron chi connectivity index (χ3n) is 5.21. The minimum Gasteiger partial charge on any atom is -0.399 e. The Balaban J connectivity index is 1.67. The lowest BCUT2D eigenvalue weighted by atomic mass is 9.85. The zero-order valence-electron chi connectivity index (χ0n) is 12.1. The van der Waals surface area contributed by atoms with Crippen LogP contribution >= 0.6 is 0 Å². The fraction of sp³-hybridized carbons (Fsp3) is 0.471. The molecule has 2 aliphatic rings. The quantitative estimate of drug-likeness (QED) is 0.790. The second-order valence-corrected chi connectivity index (χ2v) is 6.41. The van der Waals surface area contributed by atoms with E-state index < -0.39 is 0 Å². The Kier molecular flexibility index (Phi) is 2.91. The highest BCUT2D eigenvalue weighted by molar-refractivity contribution is 6.07. The molecule has 1 saturated carbocycles. The lowest BCUT2D eigenvalue weighted by Crippen LogP contribution is -2.39. The van der Waals surface area contributed by atoms with Crippen molar-refractivity contribution in [1.82, 2.24) is 9.88 Å². The average molecular weight is 283 g/mol. The first-order valence-corrected chi connectivity index (χ1v) is 7.91. The predicted octanol–water partition coefficient (Wildman–Crippen LogP) is 3.15. The molecular weight excluding hydrogens is 262 g/mol. The fourth-order valence-corrected chi connectivity index (χ4v) is 4.13. The summed E-state index contributed by atoms with van der Waals surface area (Å²) in [5, 5.41) is 0.980. The maximum Gasteiger partial charge on any atom is 0.256 e. The Labute approximate surface area is 124 Å². The number of nitrogens with one attached hydrogen (secondary N) is 1. The van der Waals surface area contributed by atoms with Crippen LogP contribution in [-0.4, -0.2) is 28.4 Å². The molecule has 1 aliphatic carbocycles. The number of anilines is 1. The van der Waals surface area contributed by atoms with E-state index >= 15 is 0 Å². The summed E-state index contributed by atoms with van der Waals surface area (Å²) in [5.74, 6) is 0.906. The smallest absolute Gasteiger partial charge is 0.256 e. The summed E-state index contributed by atoms with van der Waals surface area (Å²) in [7, 11) is 0. The molecule has 4 nitrogen and oxygen atoms in total. The molecule has 110 valence electrons. The molecule has 1 saturated heterocycles. The van der Waals surface area contributed by atoms with Gasteiger partial charge in [-0.05, 0) is 43.4 Å². The molecule has 1 amide bonds. The highest BCUT2D eigenvalue weighted by Crippen LogP contribution is 2.37. The Morgan fingerprint density at radius 3 is 3.00 bits per heavy atom. The highest BCUT2D eigenvalue weighted by atomic mass is 16.2. The maximum absolute atomic E-state index is 12.9. The molecule has 0 radical (unpaired) electrons. The molecule has 3 N–H and O–H groups in total. The molecule has 1 aliphatic heterocycles. The number of amides is 1. The van der Waals surface area contributed by atoms with Gasteiger partial charge in [0.1, 0.15) is 0 Å². The number of hydrogen-bond acceptors (Lipinski definition) is 2. The third kappa shape index (κ3) is 2.01. The number of nitrogens with zero attached hydrogens (tertiary/aromatic N) is 1. The van der Waals surface area contributed by atoms with Crippen molar-refractivity contribution in [2.24, 2.45) is 5.92 Å². The number of H-pyrrole nitrogens is 1. The zero-order chi connectivity index (χ0) is 14.4. The van der Waals surface area contributed by atoms with Crippen LogP contribution in [0, 0.1) is 5.92 Å². The minimum atomic E-state index is 0.181. The molecule has 2 aromatic rings. The largest absolute Gasteiger partial charge is 0.399 e. The molecule has 2 atom stereocenters. The predicted molar refractivity (Wildman–Crippen MR) is 84.1 cm³/mol. The summed E-state index contributed by atoms with van der Waals surface area (Å²) >= 11 is 0. The van der Waals surface area contributed by atoms with Crippen LogP contribution in [-0.2, 0) is 0 Å². The monoisotopic (exact) mass is 283 g/mol. The minimum absolute atomic E-state index is 0.181. The molecule has 1 aromatic heterocycles. The van der Waals surface area contributed by atoms with Gasteiger partial charge in [0.05, 0.1) is 5.56 Å². The Morgan fingerprint density at radius 1 is 1.24 bits per heavy atom. The van der Waals surface area contributed by atoms with Crippen molar-refractivity contribution in [2.45, 2.75) is 38.1 Å². The number of nitrogen functional groups attached to an aromatic ring is 1. The first-order chi connectivity index (χ1) is 10.2. The van der Waals surface area contributed by atoms with Crippen LogP contribution in [0.2, 0.25) is 0 Å². The van der Waals surface area contributed by atoms with Gasteiger partial charge >= 0.3 is 0 Å². The number of likely N-dealkylation sites (tertiary alicyclic amines) is 1. The molecule has 2 heterocycles. The van der Waals surface area contributed by atoms with Crippen LogP contribution in [0.25, 0.3) is 10.9 Å². The molecule has 0 spiro atoms. The number of carbonyl (C=O) groups is 1. The molecule has 1 aromatic carbocycles. The standard InChI is InChI=1S/C17H21N3O/c18-12-5-6-13-14(10-19-15(13)9-12)17(21)20-8-7-11-3-1-2-4-16(11)20/h5-6,9-11,16,19H,1-4,7-8,18H2. The summed E-state index contributed by atoms with van der Waals surface area (Å²) < 4.78 is 0. The highest BCUT2D eigenvalue weighted by Gasteiger charge is 2.38. The second kappa shape index (κ2) is 4.79. The number of rotatable bonds is 1. The molecule has 2 fully saturated rings. The van der Waals surface area contributed by atoms with Gasteiger partial charge < -0.3 is 15.6 Å². The number of nitrogens with two attached hydrogens (primary N) is 1. The van der Waals surface area contributed by atoms with Crippen LogP contribution in [0.3, 0.4) is 0 Å². The summed E-state index contributed by atoms with van der Waals surface area (Å²) in [6.07, 6.45) is 8.06. The Hall–Kier alpha value is -1.97. The van der Waals surface area contributed by atoms with Gasteiger partial charge in [-0.2, -0.15) is 0 Å². The Bertz CT molecular complexity index is 690. The molecule has 2 unspecified atom stereocenters. The lowest BCUT2D eigenvalue weighted by Gasteiger charge is -2.31. The molecular formula is C17H21N3O. The molecule has 4 rings (SSSR count).